The first-order valence-corrected chi connectivity index (χ1v) is 11.9. The minimum absolute atomic E-state index is 0.0259. The van der Waals surface area contributed by atoms with Crippen molar-refractivity contribution in [1.82, 2.24) is 14.9 Å². The van der Waals surface area contributed by atoms with Crippen molar-refractivity contribution in [3.63, 3.8) is 0 Å². The third-order valence-electron chi connectivity index (χ3n) is 6.91. The van der Waals surface area contributed by atoms with Gasteiger partial charge in [0.05, 0.1) is 5.01 Å². The maximum absolute atomic E-state index is 13.2. The van der Waals surface area contributed by atoms with E-state index in [1.54, 1.807) is 11.3 Å². The van der Waals surface area contributed by atoms with Gasteiger partial charge in [0, 0.05) is 52.5 Å². The van der Waals surface area contributed by atoms with Crippen LogP contribution in [0.25, 0.3) is 10.9 Å². The number of carbonyl (C=O) groups is 2. The molecule has 1 aromatic carbocycles. The maximum atomic E-state index is 13.2. The van der Waals surface area contributed by atoms with Crippen LogP contribution in [0.4, 0.5) is 0 Å². The van der Waals surface area contributed by atoms with E-state index in [4.69, 9.17) is 4.98 Å². The molecular weight excluding hydrogens is 406 g/mol. The second-order valence-electron chi connectivity index (χ2n) is 10.3. The average Bonchev–Trinajstić information content (AvgIpc) is 3.35. The Balaban J connectivity index is 1.33. The van der Waals surface area contributed by atoms with Crippen molar-refractivity contribution in [2.24, 2.45) is 5.41 Å². The van der Waals surface area contributed by atoms with E-state index >= 15 is 0 Å². The van der Waals surface area contributed by atoms with Crippen molar-refractivity contribution in [1.29, 1.82) is 0 Å². The van der Waals surface area contributed by atoms with Crippen LogP contribution in [0.1, 0.15) is 76.3 Å². The summed E-state index contributed by atoms with van der Waals surface area (Å²) in [6, 6.07) is 5.99. The second kappa shape index (κ2) is 7.02. The van der Waals surface area contributed by atoms with Crippen LogP contribution in [0.5, 0.6) is 0 Å². The van der Waals surface area contributed by atoms with Gasteiger partial charge in [-0.3, -0.25) is 9.59 Å². The standard InChI is InChI=1S/C25H29N3O2S/c1-15-11-16(12-18-17(15)5-8-26-18)22(30)28-9-6-25(7-10-28)13-19(29)21-20(14-25)31-23(27-21)24(2,3)4/h5,8,11-12,26H,6-7,9-10,13-14H2,1-4H3. The molecule has 6 heteroatoms. The van der Waals surface area contributed by atoms with Crippen LogP contribution < -0.4 is 0 Å². The first-order chi connectivity index (χ1) is 14.7. The number of piperidine rings is 1. The highest BCUT2D eigenvalue weighted by Gasteiger charge is 2.43. The number of hydrogen-bond acceptors (Lipinski definition) is 4. The number of likely N-dealkylation sites (tertiary alicyclic amines) is 1. The van der Waals surface area contributed by atoms with Gasteiger partial charge in [-0.2, -0.15) is 0 Å². The van der Waals surface area contributed by atoms with E-state index in [-0.39, 0.29) is 22.5 Å². The number of aryl methyl sites for hydroxylation is 1. The lowest BCUT2D eigenvalue weighted by Crippen LogP contribution is -2.46. The molecule has 5 rings (SSSR count). The number of amides is 1. The molecule has 0 atom stereocenters. The van der Waals surface area contributed by atoms with E-state index in [9.17, 15) is 9.59 Å². The molecule has 0 radical (unpaired) electrons. The molecule has 0 bridgehead atoms. The van der Waals surface area contributed by atoms with Crippen molar-refractivity contribution in [3.8, 4) is 0 Å². The summed E-state index contributed by atoms with van der Waals surface area (Å²) in [4.78, 5) is 37.2. The Bertz CT molecular complexity index is 1190. The SMILES string of the molecule is Cc1cc(C(=O)N2CCC3(CC2)CC(=O)c2nc(C(C)(C)C)sc2C3)cc2[nH]ccc12. The van der Waals surface area contributed by atoms with E-state index < -0.39 is 0 Å². The van der Waals surface area contributed by atoms with E-state index in [0.717, 1.165) is 51.2 Å². The number of nitrogens with one attached hydrogen (secondary N) is 1. The number of Topliss-reactive ketones (excluding diaryl/α,β-unsaturated/α-hetero) is 1. The number of hydrogen-bond donors (Lipinski definition) is 1. The lowest BCUT2D eigenvalue weighted by molar-refractivity contribution is 0.0522. The Hall–Kier alpha value is -2.47. The van der Waals surface area contributed by atoms with E-state index in [0.29, 0.717) is 25.2 Å². The second-order valence-corrected chi connectivity index (χ2v) is 11.4. The van der Waals surface area contributed by atoms with Gasteiger partial charge in [-0.15, -0.1) is 11.3 Å². The van der Waals surface area contributed by atoms with Gasteiger partial charge >= 0.3 is 0 Å². The van der Waals surface area contributed by atoms with Crippen LogP contribution in [-0.4, -0.2) is 39.6 Å². The summed E-state index contributed by atoms with van der Waals surface area (Å²) in [5, 5.41) is 2.20. The molecular formula is C25H29N3O2S. The van der Waals surface area contributed by atoms with Gasteiger partial charge in [-0.25, -0.2) is 4.98 Å². The number of nitrogens with zero attached hydrogens (tertiary/aromatic N) is 2. The molecule has 31 heavy (non-hydrogen) atoms. The highest BCUT2D eigenvalue weighted by molar-refractivity contribution is 7.12. The fraction of sp³-hybridized carbons (Fsp3) is 0.480. The molecule has 1 aliphatic carbocycles. The first-order valence-electron chi connectivity index (χ1n) is 11.1. The molecule has 162 valence electrons. The van der Waals surface area contributed by atoms with Crippen LogP contribution in [-0.2, 0) is 11.8 Å². The Labute approximate surface area is 186 Å². The molecule has 2 aromatic heterocycles. The topological polar surface area (TPSA) is 66.1 Å². The predicted octanol–water partition coefficient (Wildman–Crippen LogP) is 5.28. The Kier molecular flexibility index (Phi) is 4.63. The molecule has 3 heterocycles. The quantitative estimate of drug-likeness (QED) is 0.565. The van der Waals surface area contributed by atoms with Crippen molar-refractivity contribution in [3.05, 3.63) is 51.1 Å². The summed E-state index contributed by atoms with van der Waals surface area (Å²) in [5.41, 5.74) is 3.49. The molecule has 0 saturated carbocycles. The normalized spacial score (nSPS) is 18.6. The number of ketones is 1. The molecule has 2 aliphatic rings. The Morgan fingerprint density at radius 1 is 1.19 bits per heavy atom. The van der Waals surface area contributed by atoms with Gasteiger partial charge in [-0.1, -0.05) is 20.8 Å². The zero-order valence-electron chi connectivity index (χ0n) is 18.7. The number of aromatic amines is 1. The van der Waals surface area contributed by atoms with Crippen molar-refractivity contribution in [2.75, 3.05) is 13.1 Å². The molecule has 1 spiro atoms. The van der Waals surface area contributed by atoms with Crippen LogP contribution >= 0.6 is 11.3 Å². The highest BCUT2D eigenvalue weighted by atomic mass is 32.1. The summed E-state index contributed by atoms with van der Waals surface area (Å²) in [7, 11) is 0. The number of benzene rings is 1. The minimum atomic E-state index is -0.0381. The number of aromatic nitrogens is 2. The van der Waals surface area contributed by atoms with E-state index in [2.05, 4.69) is 25.8 Å². The van der Waals surface area contributed by atoms with Crippen molar-refractivity contribution in [2.45, 2.75) is 58.8 Å². The number of H-pyrrole nitrogens is 1. The minimum Gasteiger partial charge on any atom is -0.361 e. The average molecular weight is 436 g/mol. The van der Waals surface area contributed by atoms with Gasteiger partial charge in [0.25, 0.3) is 5.91 Å². The van der Waals surface area contributed by atoms with Crippen molar-refractivity contribution < 1.29 is 9.59 Å². The summed E-state index contributed by atoms with van der Waals surface area (Å²) in [6.07, 6.45) is 5.13. The number of fused-ring (bicyclic) bond motifs is 2. The maximum Gasteiger partial charge on any atom is 0.253 e. The number of rotatable bonds is 1. The third-order valence-corrected chi connectivity index (χ3v) is 8.39. The molecule has 3 aromatic rings. The van der Waals surface area contributed by atoms with Crippen LogP contribution in [0.15, 0.2) is 24.4 Å². The number of thiazole rings is 1. The fourth-order valence-electron chi connectivity index (χ4n) is 5.04. The van der Waals surface area contributed by atoms with Gasteiger partial charge in [-0.05, 0) is 55.4 Å². The smallest absolute Gasteiger partial charge is 0.253 e. The zero-order chi connectivity index (χ0) is 22.0. The van der Waals surface area contributed by atoms with Gasteiger partial charge < -0.3 is 9.88 Å². The lowest BCUT2D eigenvalue weighted by atomic mass is 9.68. The lowest BCUT2D eigenvalue weighted by Gasteiger charge is -2.43. The summed E-state index contributed by atoms with van der Waals surface area (Å²) in [5.74, 6) is 0.269. The summed E-state index contributed by atoms with van der Waals surface area (Å²) < 4.78 is 0. The first kappa shape index (κ1) is 20.4. The monoisotopic (exact) mass is 435 g/mol. The molecule has 1 N–H and O–H groups in total. The van der Waals surface area contributed by atoms with Gasteiger partial charge in [0.15, 0.2) is 5.78 Å². The summed E-state index contributed by atoms with van der Waals surface area (Å²) >= 11 is 1.71. The van der Waals surface area contributed by atoms with Gasteiger partial charge in [0.2, 0.25) is 0 Å². The zero-order valence-corrected chi connectivity index (χ0v) is 19.5. The molecule has 1 aliphatic heterocycles. The van der Waals surface area contributed by atoms with Crippen LogP contribution in [0, 0.1) is 12.3 Å². The van der Waals surface area contributed by atoms with Crippen LogP contribution in [0.3, 0.4) is 0 Å². The molecule has 1 saturated heterocycles. The van der Waals surface area contributed by atoms with E-state index in [1.165, 1.54) is 0 Å². The van der Waals surface area contributed by atoms with Gasteiger partial charge in [0.1, 0.15) is 5.69 Å². The Morgan fingerprint density at radius 2 is 1.94 bits per heavy atom. The largest absolute Gasteiger partial charge is 0.361 e. The molecule has 0 unspecified atom stereocenters. The van der Waals surface area contributed by atoms with E-state index in [1.807, 2.05) is 36.2 Å². The highest BCUT2D eigenvalue weighted by Crippen LogP contribution is 2.46. The predicted molar refractivity (Wildman–Crippen MR) is 124 cm³/mol. The molecule has 5 nitrogen and oxygen atoms in total. The molecule has 1 amide bonds. The number of carbonyl (C=O) groups excluding carboxylic acids is 2. The third kappa shape index (κ3) is 3.51. The summed E-state index contributed by atoms with van der Waals surface area (Å²) in [6.45, 7) is 9.89. The molecule has 1 fully saturated rings. The van der Waals surface area contributed by atoms with Crippen LogP contribution in [0.2, 0.25) is 0 Å². The Morgan fingerprint density at radius 3 is 2.65 bits per heavy atom. The fourth-order valence-corrected chi connectivity index (χ4v) is 6.35. The van der Waals surface area contributed by atoms with Crippen molar-refractivity contribution >= 4 is 33.9 Å².